The molecule has 5 nitrogen and oxygen atoms in total. The summed E-state index contributed by atoms with van der Waals surface area (Å²) in [5, 5.41) is 14.0. The average Bonchev–Trinajstić information content (AvgIpc) is 2.56. The molecule has 1 amide bonds. The van der Waals surface area contributed by atoms with E-state index in [0.717, 1.165) is 11.3 Å². The highest BCUT2D eigenvalue weighted by atomic mass is 16.5. The molecule has 2 heterocycles. The minimum absolute atomic E-state index is 0.0229. The molecular formula is C13H20N2O3. The third-order valence-electron chi connectivity index (χ3n) is 3.87. The average molecular weight is 252 g/mol. The Morgan fingerprint density at radius 2 is 2.11 bits per heavy atom. The summed E-state index contributed by atoms with van der Waals surface area (Å²) >= 11 is 0. The van der Waals surface area contributed by atoms with Crippen LogP contribution in [0.4, 0.5) is 0 Å². The molecule has 0 aromatic carbocycles. The fourth-order valence-electron chi connectivity index (χ4n) is 2.17. The zero-order chi connectivity index (χ0) is 13.5. The highest BCUT2D eigenvalue weighted by Crippen LogP contribution is 2.29. The van der Waals surface area contributed by atoms with Gasteiger partial charge in [0.15, 0.2) is 0 Å². The van der Waals surface area contributed by atoms with E-state index in [2.05, 4.69) is 5.16 Å². The topological polar surface area (TPSA) is 66.6 Å². The Morgan fingerprint density at radius 3 is 2.56 bits per heavy atom. The summed E-state index contributed by atoms with van der Waals surface area (Å²) < 4.78 is 5.04. The van der Waals surface area contributed by atoms with Gasteiger partial charge in [0.1, 0.15) is 11.4 Å². The normalized spacial score (nSPS) is 18.0. The van der Waals surface area contributed by atoms with Crippen molar-refractivity contribution in [1.82, 2.24) is 10.1 Å². The van der Waals surface area contributed by atoms with E-state index in [1.807, 2.05) is 27.7 Å². The van der Waals surface area contributed by atoms with Gasteiger partial charge in [-0.15, -0.1) is 0 Å². The molecule has 1 N–H and O–H groups in total. The standard InChI is InChI=1S/C13H20N2O3/c1-8(2)13(17)6-15(7-13)12(16)5-11-9(3)14-18-10(11)4/h8,17H,5-7H2,1-4H3. The summed E-state index contributed by atoms with van der Waals surface area (Å²) in [4.78, 5) is 13.7. The fourth-order valence-corrected chi connectivity index (χ4v) is 2.17. The predicted octanol–water partition coefficient (Wildman–Crippen LogP) is 1.06. The maximum atomic E-state index is 12.1. The second-order valence-corrected chi connectivity index (χ2v) is 5.49. The third-order valence-corrected chi connectivity index (χ3v) is 3.87. The Labute approximate surface area is 107 Å². The van der Waals surface area contributed by atoms with Gasteiger partial charge in [0.2, 0.25) is 5.91 Å². The second-order valence-electron chi connectivity index (χ2n) is 5.49. The van der Waals surface area contributed by atoms with Crippen molar-refractivity contribution in [2.75, 3.05) is 13.1 Å². The highest BCUT2D eigenvalue weighted by Gasteiger charge is 2.45. The molecule has 0 bridgehead atoms. The van der Waals surface area contributed by atoms with Crippen LogP contribution < -0.4 is 0 Å². The summed E-state index contributed by atoms with van der Waals surface area (Å²) in [6, 6.07) is 0. The number of aromatic nitrogens is 1. The Morgan fingerprint density at radius 1 is 1.50 bits per heavy atom. The number of rotatable bonds is 3. The quantitative estimate of drug-likeness (QED) is 0.873. The summed E-state index contributed by atoms with van der Waals surface area (Å²) in [6.07, 6.45) is 0.301. The molecular weight excluding hydrogens is 232 g/mol. The number of nitrogens with zero attached hydrogens (tertiary/aromatic N) is 2. The molecule has 1 aromatic rings. The summed E-state index contributed by atoms with van der Waals surface area (Å²) in [5.41, 5.74) is 0.912. The van der Waals surface area contributed by atoms with Crippen LogP contribution in [-0.2, 0) is 11.2 Å². The molecule has 0 radical (unpaired) electrons. The highest BCUT2D eigenvalue weighted by molar-refractivity contribution is 5.80. The van der Waals surface area contributed by atoms with Crippen LogP contribution in [-0.4, -0.2) is 39.8 Å². The van der Waals surface area contributed by atoms with Crippen molar-refractivity contribution in [3.05, 3.63) is 17.0 Å². The molecule has 0 atom stereocenters. The second kappa shape index (κ2) is 4.39. The van der Waals surface area contributed by atoms with Crippen molar-refractivity contribution >= 4 is 5.91 Å². The van der Waals surface area contributed by atoms with E-state index >= 15 is 0 Å². The SMILES string of the molecule is Cc1noc(C)c1CC(=O)N1CC(O)(C(C)C)C1. The predicted molar refractivity (Wildman–Crippen MR) is 66.0 cm³/mol. The summed E-state index contributed by atoms with van der Waals surface area (Å²) in [6.45, 7) is 8.43. The van der Waals surface area contributed by atoms with Crippen LogP contribution in [0.25, 0.3) is 0 Å². The third kappa shape index (κ3) is 2.14. The molecule has 100 valence electrons. The molecule has 1 saturated heterocycles. The van der Waals surface area contributed by atoms with Gasteiger partial charge < -0.3 is 14.5 Å². The lowest BCUT2D eigenvalue weighted by Gasteiger charge is -2.49. The number of carbonyl (C=O) groups excluding carboxylic acids is 1. The maximum Gasteiger partial charge on any atom is 0.227 e. The number of carbonyl (C=O) groups is 1. The molecule has 5 heteroatoms. The van der Waals surface area contributed by atoms with Gasteiger partial charge in [-0.1, -0.05) is 19.0 Å². The zero-order valence-electron chi connectivity index (χ0n) is 11.4. The first kappa shape index (κ1) is 13.1. The van der Waals surface area contributed by atoms with Gasteiger partial charge in [-0.3, -0.25) is 4.79 Å². The van der Waals surface area contributed by atoms with Crippen LogP contribution >= 0.6 is 0 Å². The number of hydrogen-bond donors (Lipinski definition) is 1. The Hall–Kier alpha value is -1.36. The number of amides is 1. The first-order chi connectivity index (χ1) is 8.33. The molecule has 0 spiro atoms. The van der Waals surface area contributed by atoms with Crippen LogP contribution in [0, 0.1) is 19.8 Å². The van der Waals surface area contributed by atoms with Crippen molar-refractivity contribution in [3.8, 4) is 0 Å². The smallest absolute Gasteiger partial charge is 0.227 e. The molecule has 18 heavy (non-hydrogen) atoms. The monoisotopic (exact) mass is 252 g/mol. The van der Waals surface area contributed by atoms with Crippen LogP contribution in [0.3, 0.4) is 0 Å². The van der Waals surface area contributed by atoms with E-state index in [1.54, 1.807) is 4.90 Å². The van der Waals surface area contributed by atoms with Gasteiger partial charge in [-0.2, -0.15) is 0 Å². The van der Waals surface area contributed by atoms with Crippen molar-refractivity contribution in [2.24, 2.45) is 5.92 Å². The van der Waals surface area contributed by atoms with Crippen LogP contribution in [0.2, 0.25) is 0 Å². The van der Waals surface area contributed by atoms with E-state index in [1.165, 1.54) is 0 Å². The molecule has 0 aliphatic carbocycles. The number of β-amino-alcohol motifs (C(OH)–C–C–N with tert-alkyl or cyclic N) is 1. The zero-order valence-corrected chi connectivity index (χ0v) is 11.4. The molecule has 0 saturated carbocycles. The summed E-state index contributed by atoms with van der Waals surface area (Å²) in [5.74, 6) is 0.885. The molecule has 1 aliphatic rings. The van der Waals surface area contributed by atoms with E-state index < -0.39 is 5.60 Å². The van der Waals surface area contributed by atoms with Crippen molar-refractivity contribution < 1.29 is 14.4 Å². The maximum absolute atomic E-state index is 12.1. The molecule has 0 unspecified atom stereocenters. The van der Waals surface area contributed by atoms with E-state index in [4.69, 9.17) is 4.52 Å². The first-order valence-corrected chi connectivity index (χ1v) is 6.25. The molecule has 1 aromatic heterocycles. The molecule has 1 fully saturated rings. The molecule has 1 aliphatic heterocycles. The van der Waals surface area contributed by atoms with Gasteiger partial charge in [0, 0.05) is 5.56 Å². The fraction of sp³-hybridized carbons (Fsp3) is 0.692. The number of hydrogen-bond acceptors (Lipinski definition) is 4. The van der Waals surface area contributed by atoms with Gasteiger partial charge in [-0.25, -0.2) is 0 Å². The minimum Gasteiger partial charge on any atom is -0.386 e. The van der Waals surface area contributed by atoms with E-state index in [-0.39, 0.29) is 11.8 Å². The van der Waals surface area contributed by atoms with Crippen LogP contribution in [0.15, 0.2) is 4.52 Å². The number of likely N-dealkylation sites (tertiary alicyclic amines) is 1. The Bertz CT molecular complexity index is 439. The van der Waals surface area contributed by atoms with Gasteiger partial charge in [-0.05, 0) is 19.8 Å². The summed E-state index contributed by atoms with van der Waals surface area (Å²) in [7, 11) is 0. The first-order valence-electron chi connectivity index (χ1n) is 6.25. The van der Waals surface area contributed by atoms with Crippen molar-refractivity contribution in [3.63, 3.8) is 0 Å². The van der Waals surface area contributed by atoms with Gasteiger partial charge in [0.25, 0.3) is 0 Å². The van der Waals surface area contributed by atoms with Crippen molar-refractivity contribution in [1.29, 1.82) is 0 Å². The number of aliphatic hydroxyl groups is 1. The lowest BCUT2D eigenvalue weighted by atomic mass is 9.82. The molecule has 2 rings (SSSR count). The minimum atomic E-state index is -0.714. The number of aryl methyl sites for hydroxylation is 2. The van der Waals surface area contributed by atoms with Crippen LogP contribution in [0.5, 0.6) is 0 Å². The lowest BCUT2D eigenvalue weighted by Crippen LogP contribution is -2.66. The Balaban J connectivity index is 1.96. The Kier molecular flexibility index (Phi) is 3.19. The van der Waals surface area contributed by atoms with Crippen molar-refractivity contribution in [2.45, 2.75) is 39.7 Å². The lowest BCUT2D eigenvalue weighted by molar-refractivity contribution is -0.163. The van der Waals surface area contributed by atoms with Gasteiger partial charge >= 0.3 is 0 Å². The van der Waals surface area contributed by atoms with Gasteiger partial charge in [0.05, 0.1) is 25.2 Å². The van der Waals surface area contributed by atoms with E-state index in [0.29, 0.717) is 25.3 Å². The van der Waals surface area contributed by atoms with E-state index in [9.17, 15) is 9.90 Å². The largest absolute Gasteiger partial charge is 0.386 e. The van der Waals surface area contributed by atoms with Crippen LogP contribution in [0.1, 0.15) is 30.9 Å².